The van der Waals surface area contributed by atoms with E-state index in [-0.39, 0.29) is 17.7 Å². The van der Waals surface area contributed by atoms with Crippen LogP contribution in [0.2, 0.25) is 10.0 Å². The maximum atomic E-state index is 12.4. The third-order valence-electron chi connectivity index (χ3n) is 4.07. The van der Waals surface area contributed by atoms with Crippen molar-refractivity contribution in [3.8, 4) is 0 Å². The second kappa shape index (κ2) is 6.74. The summed E-state index contributed by atoms with van der Waals surface area (Å²) in [6, 6.07) is 11.1. The van der Waals surface area contributed by atoms with Crippen LogP contribution < -0.4 is 5.32 Å². The first-order valence-corrected chi connectivity index (χ1v) is 8.75. The molecule has 0 unspecified atom stereocenters. The summed E-state index contributed by atoms with van der Waals surface area (Å²) in [4.78, 5) is 12.4. The molecule has 25 heavy (non-hydrogen) atoms. The SMILES string of the molecule is CC(C)(C)c1ccc2occ(CC(=O)Nc3cc(Cl)ccc3Cl)c2c1. The molecule has 3 rings (SSSR count). The Morgan fingerprint density at radius 3 is 2.60 bits per heavy atom. The first-order valence-electron chi connectivity index (χ1n) is 7.99. The standard InChI is InChI=1S/C20H19Cl2NO2/c1-20(2,3)13-4-7-18-15(9-13)12(11-25-18)8-19(24)23-17-10-14(21)5-6-16(17)22/h4-7,9-11H,8H2,1-3H3,(H,23,24). The molecule has 3 nitrogen and oxygen atoms in total. The monoisotopic (exact) mass is 375 g/mol. The minimum Gasteiger partial charge on any atom is -0.464 e. The molecule has 5 heteroatoms. The summed E-state index contributed by atoms with van der Waals surface area (Å²) in [5, 5.41) is 4.73. The fourth-order valence-corrected chi connectivity index (χ4v) is 2.98. The lowest BCUT2D eigenvalue weighted by atomic mass is 9.86. The summed E-state index contributed by atoms with van der Waals surface area (Å²) < 4.78 is 5.58. The molecule has 130 valence electrons. The van der Waals surface area contributed by atoms with Gasteiger partial charge in [-0.2, -0.15) is 0 Å². The van der Waals surface area contributed by atoms with Gasteiger partial charge in [0.1, 0.15) is 5.58 Å². The van der Waals surface area contributed by atoms with Gasteiger partial charge in [-0.3, -0.25) is 4.79 Å². The molecular formula is C20H19Cl2NO2. The molecule has 0 spiro atoms. The van der Waals surface area contributed by atoms with E-state index in [4.69, 9.17) is 27.6 Å². The summed E-state index contributed by atoms with van der Waals surface area (Å²) in [5.41, 5.74) is 3.34. The highest BCUT2D eigenvalue weighted by atomic mass is 35.5. The second-order valence-corrected chi connectivity index (χ2v) is 7.91. The number of furan rings is 1. The van der Waals surface area contributed by atoms with Gasteiger partial charge >= 0.3 is 0 Å². The Kier molecular flexibility index (Phi) is 4.81. The maximum absolute atomic E-state index is 12.4. The molecule has 0 radical (unpaired) electrons. The van der Waals surface area contributed by atoms with E-state index in [9.17, 15) is 4.79 Å². The Hall–Kier alpha value is -1.97. The zero-order valence-corrected chi connectivity index (χ0v) is 15.8. The van der Waals surface area contributed by atoms with Crippen molar-refractivity contribution in [1.29, 1.82) is 0 Å². The molecule has 1 heterocycles. The number of halogens is 2. The molecule has 2 aromatic carbocycles. The highest BCUT2D eigenvalue weighted by Gasteiger charge is 2.17. The topological polar surface area (TPSA) is 42.2 Å². The van der Waals surface area contributed by atoms with Gasteiger partial charge in [0.15, 0.2) is 0 Å². The molecule has 0 aliphatic heterocycles. The van der Waals surface area contributed by atoms with E-state index in [2.05, 4.69) is 38.2 Å². The molecule has 0 atom stereocenters. The lowest BCUT2D eigenvalue weighted by Crippen LogP contribution is -2.14. The number of carbonyl (C=O) groups is 1. The van der Waals surface area contributed by atoms with Crippen LogP contribution in [0, 0.1) is 0 Å². The number of amides is 1. The highest BCUT2D eigenvalue weighted by molar-refractivity contribution is 6.35. The van der Waals surface area contributed by atoms with E-state index >= 15 is 0 Å². The number of anilines is 1. The van der Waals surface area contributed by atoms with Gasteiger partial charge in [-0.15, -0.1) is 0 Å². The van der Waals surface area contributed by atoms with Crippen molar-refractivity contribution in [2.24, 2.45) is 0 Å². The van der Waals surface area contributed by atoms with Crippen molar-refractivity contribution < 1.29 is 9.21 Å². The van der Waals surface area contributed by atoms with Gasteiger partial charge in [-0.05, 0) is 41.3 Å². The van der Waals surface area contributed by atoms with Crippen LogP contribution in [0.5, 0.6) is 0 Å². The van der Waals surface area contributed by atoms with E-state index in [1.165, 1.54) is 5.56 Å². The molecule has 0 bridgehead atoms. The lowest BCUT2D eigenvalue weighted by molar-refractivity contribution is -0.115. The van der Waals surface area contributed by atoms with Crippen molar-refractivity contribution in [3.63, 3.8) is 0 Å². The molecule has 0 saturated heterocycles. The van der Waals surface area contributed by atoms with Gasteiger partial charge in [-0.1, -0.05) is 50.0 Å². The maximum Gasteiger partial charge on any atom is 0.228 e. The lowest BCUT2D eigenvalue weighted by Gasteiger charge is -2.18. The Morgan fingerprint density at radius 2 is 1.88 bits per heavy atom. The smallest absolute Gasteiger partial charge is 0.228 e. The van der Waals surface area contributed by atoms with Crippen molar-refractivity contribution in [2.45, 2.75) is 32.6 Å². The average Bonchev–Trinajstić information content (AvgIpc) is 2.92. The summed E-state index contributed by atoms with van der Waals surface area (Å²) in [6.07, 6.45) is 1.83. The summed E-state index contributed by atoms with van der Waals surface area (Å²) >= 11 is 12.1. The molecule has 0 aliphatic rings. The number of nitrogens with one attached hydrogen (secondary N) is 1. The number of hydrogen-bond acceptors (Lipinski definition) is 2. The summed E-state index contributed by atoms with van der Waals surface area (Å²) in [6.45, 7) is 6.46. The third-order valence-corrected chi connectivity index (χ3v) is 4.64. The van der Waals surface area contributed by atoms with Crippen LogP contribution in [0.15, 0.2) is 47.1 Å². The quantitative estimate of drug-likeness (QED) is 0.590. The van der Waals surface area contributed by atoms with Crippen LogP contribution in [-0.2, 0) is 16.6 Å². The van der Waals surface area contributed by atoms with Crippen LogP contribution in [0.1, 0.15) is 31.9 Å². The van der Waals surface area contributed by atoms with Crippen LogP contribution >= 0.6 is 23.2 Å². The molecule has 1 N–H and O–H groups in total. The first-order chi connectivity index (χ1) is 11.7. The number of fused-ring (bicyclic) bond motifs is 1. The van der Waals surface area contributed by atoms with Gasteiger partial charge in [0.05, 0.1) is 23.4 Å². The number of benzene rings is 2. The van der Waals surface area contributed by atoms with Gasteiger partial charge in [0.25, 0.3) is 0 Å². The molecular weight excluding hydrogens is 357 g/mol. The zero-order chi connectivity index (χ0) is 18.2. The Bertz CT molecular complexity index is 939. The first kappa shape index (κ1) is 17.8. The van der Waals surface area contributed by atoms with E-state index in [0.717, 1.165) is 16.5 Å². The summed E-state index contributed by atoms with van der Waals surface area (Å²) in [5.74, 6) is -0.173. The van der Waals surface area contributed by atoms with E-state index in [0.29, 0.717) is 15.7 Å². The van der Waals surface area contributed by atoms with Crippen molar-refractivity contribution in [3.05, 3.63) is 63.8 Å². The minimum atomic E-state index is -0.173. The highest BCUT2D eigenvalue weighted by Crippen LogP contribution is 2.30. The third kappa shape index (κ3) is 4.00. The van der Waals surface area contributed by atoms with Crippen molar-refractivity contribution in [2.75, 3.05) is 5.32 Å². The number of carbonyl (C=O) groups excluding carboxylic acids is 1. The molecule has 0 aliphatic carbocycles. The number of hydrogen-bond donors (Lipinski definition) is 1. The van der Waals surface area contributed by atoms with Gasteiger partial charge < -0.3 is 9.73 Å². The Balaban J connectivity index is 1.85. The second-order valence-electron chi connectivity index (χ2n) is 7.07. The molecule has 0 fully saturated rings. The van der Waals surface area contributed by atoms with Crippen molar-refractivity contribution >= 4 is 45.8 Å². The van der Waals surface area contributed by atoms with Gasteiger partial charge in [0.2, 0.25) is 5.91 Å². The normalized spacial score (nSPS) is 11.7. The summed E-state index contributed by atoms with van der Waals surface area (Å²) in [7, 11) is 0. The van der Waals surface area contributed by atoms with E-state index in [1.54, 1.807) is 24.5 Å². The zero-order valence-electron chi connectivity index (χ0n) is 14.3. The average molecular weight is 376 g/mol. The van der Waals surface area contributed by atoms with Crippen LogP contribution in [0.4, 0.5) is 5.69 Å². The predicted octanol–water partition coefficient (Wildman–Crippen LogP) is 6.22. The van der Waals surface area contributed by atoms with Crippen LogP contribution in [0.3, 0.4) is 0 Å². The van der Waals surface area contributed by atoms with Gasteiger partial charge in [0, 0.05) is 16.0 Å². The minimum absolute atomic E-state index is 0.0271. The van der Waals surface area contributed by atoms with E-state index in [1.807, 2.05) is 6.07 Å². The molecule has 3 aromatic rings. The fourth-order valence-electron chi connectivity index (χ4n) is 2.65. The Morgan fingerprint density at radius 1 is 1.12 bits per heavy atom. The largest absolute Gasteiger partial charge is 0.464 e. The fraction of sp³-hybridized carbons (Fsp3) is 0.250. The van der Waals surface area contributed by atoms with Crippen LogP contribution in [-0.4, -0.2) is 5.91 Å². The van der Waals surface area contributed by atoms with E-state index < -0.39 is 0 Å². The predicted molar refractivity (Wildman–Crippen MR) is 104 cm³/mol. The van der Waals surface area contributed by atoms with Crippen molar-refractivity contribution in [1.82, 2.24) is 0 Å². The molecule has 1 amide bonds. The molecule has 0 saturated carbocycles. The molecule has 1 aromatic heterocycles. The Labute approximate surface area is 156 Å². The van der Waals surface area contributed by atoms with Gasteiger partial charge in [-0.25, -0.2) is 0 Å². The number of rotatable bonds is 3. The van der Waals surface area contributed by atoms with Crippen LogP contribution in [0.25, 0.3) is 11.0 Å².